The second-order valence-electron chi connectivity index (χ2n) is 4.51. The van der Waals surface area contributed by atoms with Gasteiger partial charge in [-0.05, 0) is 36.6 Å². The van der Waals surface area contributed by atoms with Crippen molar-refractivity contribution in [1.29, 1.82) is 0 Å². The minimum absolute atomic E-state index is 0.839. The minimum atomic E-state index is 0.839. The smallest absolute Gasteiger partial charge is 0.0625 e. The molecule has 0 unspecified atom stereocenters. The standard InChI is InChI=1S/C14H20N4/c1-4-13-7-14(18(3)17-13)10-16-9-12-5-6-15-8-11(12)2/h5-8,16H,4,9-10H2,1-3H3. The van der Waals surface area contributed by atoms with E-state index in [0.29, 0.717) is 0 Å². The summed E-state index contributed by atoms with van der Waals surface area (Å²) in [7, 11) is 1.99. The lowest BCUT2D eigenvalue weighted by Crippen LogP contribution is -2.15. The zero-order valence-corrected chi connectivity index (χ0v) is 11.3. The summed E-state index contributed by atoms with van der Waals surface area (Å²) in [6.45, 7) is 5.91. The van der Waals surface area contributed by atoms with Gasteiger partial charge in [0.25, 0.3) is 0 Å². The fourth-order valence-electron chi connectivity index (χ4n) is 1.94. The zero-order valence-electron chi connectivity index (χ0n) is 11.3. The Morgan fingerprint density at radius 1 is 1.33 bits per heavy atom. The largest absolute Gasteiger partial charge is 0.307 e. The number of aromatic nitrogens is 3. The first kappa shape index (κ1) is 12.8. The van der Waals surface area contributed by atoms with Gasteiger partial charge in [0, 0.05) is 32.5 Å². The van der Waals surface area contributed by atoms with E-state index >= 15 is 0 Å². The molecule has 0 spiro atoms. The number of hydrogen-bond acceptors (Lipinski definition) is 3. The van der Waals surface area contributed by atoms with E-state index in [-0.39, 0.29) is 0 Å². The lowest BCUT2D eigenvalue weighted by molar-refractivity contribution is 0.622. The molecular formula is C14H20N4. The van der Waals surface area contributed by atoms with Crippen LogP contribution in [-0.4, -0.2) is 14.8 Å². The van der Waals surface area contributed by atoms with Crippen molar-refractivity contribution in [3.05, 3.63) is 47.0 Å². The van der Waals surface area contributed by atoms with E-state index in [9.17, 15) is 0 Å². The first-order chi connectivity index (χ1) is 8.70. The van der Waals surface area contributed by atoms with Crippen LogP contribution in [0, 0.1) is 6.92 Å². The minimum Gasteiger partial charge on any atom is -0.307 e. The van der Waals surface area contributed by atoms with Gasteiger partial charge in [-0.1, -0.05) is 6.92 Å². The highest BCUT2D eigenvalue weighted by molar-refractivity contribution is 5.21. The Kier molecular flexibility index (Phi) is 4.10. The summed E-state index contributed by atoms with van der Waals surface area (Å²) in [5.41, 5.74) is 4.89. The van der Waals surface area contributed by atoms with Gasteiger partial charge < -0.3 is 5.32 Å². The summed E-state index contributed by atoms with van der Waals surface area (Å²) in [6, 6.07) is 4.22. The molecule has 2 rings (SSSR count). The number of rotatable bonds is 5. The number of nitrogens with one attached hydrogen (secondary N) is 1. The molecule has 2 aromatic heterocycles. The molecule has 0 fully saturated rings. The highest BCUT2D eigenvalue weighted by Gasteiger charge is 2.03. The van der Waals surface area contributed by atoms with Crippen LogP contribution in [0.1, 0.15) is 29.4 Å². The third-order valence-corrected chi connectivity index (χ3v) is 3.15. The third kappa shape index (κ3) is 2.96. The molecule has 1 N–H and O–H groups in total. The molecule has 2 aromatic rings. The summed E-state index contributed by atoms with van der Waals surface area (Å²) in [4.78, 5) is 4.10. The molecule has 0 atom stereocenters. The van der Waals surface area contributed by atoms with E-state index in [4.69, 9.17) is 0 Å². The SMILES string of the molecule is CCc1cc(CNCc2ccncc2C)n(C)n1. The highest BCUT2D eigenvalue weighted by atomic mass is 15.3. The molecule has 4 heteroatoms. The maximum absolute atomic E-state index is 4.44. The van der Waals surface area contributed by atoms with Crippen molar-refractivity contribution in [2.24, 2.45) is 7.05 Å². The first-order valence-electron chi connectivity index (χ1n) is 6.32. The van der Waals surface area contributed by atoms with Gasteiger partial charge in [-0.3, -0.25) is 9.67 Å². The third-order valence-electron chi connectivity index (χ3n) is 3.15. The molecule has 0 aliphatic rings. The van der Waals surface area contributed by atoms with Crippen LogP contribution in [0.5, 0.6) is 0 Å². The predicted molar refractivity (Wildman–Crippen MR) is 72.1 cm³/mol. The number of nitrogens with zero attached hydrogens (tertiary/aromatic N) is 3. The molecule has 96 valence electrons. The molecule has 4 nitrogen and oxygen atoms in total. The van der Waals surface area contributed by atoms with Crippen molar-refractivity contribution >= 4 is 0 Å². The maximum atomic E-state index is 4.44. The Morgan fingerprint density at radius 2 is 2.17 bits per heavy atom. The van der Waals surface area contributed by atoms with E-state index in [2.05, 4.69) is 41.4 Å². The zero-order chi connectivity index (χ0) is 13.0. The lowest BCUT2D eigenvalue weighted by atomic mass is 10.1. The van der Waals surface area contributed by atoms with Gasteiger partial charge in [-0.2, -0.15) is 5.10 Å². The summed E-state index contributed by atoms with van der Waals surface area (Å²) < 4.78 is 1.95. The van der Waals surface area contributed by atoms with Crippen molar-refractivity contribution < 1.29 is 0 Å². The van der Waals surface area contributed by atoms with E-state index < -0.39 is 0 Å². The van der Waals surface area contributed by atoms with Crippen LogP contribution in [0.3, 0.4) is 0 Å². The molecule has 0 bridgehead atoms. The second kappa shape index (κ2) is 5.78. The lowest BCUT2D eigenvalue weighted by Gasteiger charge is -2.07. The van der Waals surface area contributed by atoms with E-state index in [1.54, 1.807) is 0 Å². The van der Waals surface area contributed by atoms with Crippen LogP contribution >= 0.6 is 0 Å². The van der Waals surface area contributed by atoms with Crippen LogP contribution in [0.25, 0.3) is 0 Å². The van der Waals surface area contributed by atoms with Gasteiger partial charge in [0.2, 0.25) is 0 Å². The average molecular weight is 244 g/mol. The van der Waals surface area contributed by atoms with Gasteiger partial charge >= 0.3 is 0 Å². The summed E-state index contributed by atoms with van der Waals surface area (Å²) in [5, 5.41) is 7.89. The van der Waals surface area contributed by atoms with Crippen molar-refractivity contribution in [2.45, 2.75) is 33.4 Å². The number of aryl methyl sites for hydroxylation is 3. The maximum Gasteiger partial charge on any atom is 0.0625 e. The Labute approximate surface area is 108 Å². The molecule has 0 saturated heterocycles. The van der Waals surface area contributed by atoms with Gasteiger partial charge in [0.15, 0.2) is 0 Å². The van der Waals surface area contributed by atoms with Gasteiger partial charge in [-0.25, -0.2) is 0 Å². The van der Waals surface area contributed by atoms with Crippen molar-refractivity contribution in [2.75, 3.05) is 0 Å². The van der Waals surface area contributed by atoms with E-state index in [1.807, 2.05) is 24.1 Å². The van der Waals surface area contributed by atoms with Crippen LogP contribution in [0.4, 0.5) is 0 Å². The monoisotopic (exact) mass is 244 g/mol. The van der Waals surface area contributed by atoms with Crippen LogP contribution in [-0.2, 0) is 26.6 Å². The molecule has 0 radical (unpaired) electrons. The normalized spacial score (nSPS) is 10.8. The Balaban J connectivity index is 1.92. The number of hydrogen-bond donors (Lipinski definition) is 1. The molecular weight excluding hydrogens is 224 g/mol. The molecule has 18 heavy (non-hydrogen) atoms. The molecule has 0 aliphatic heterocycles. The average Bonchev–Trinajstić information content (AvgIpc) is 2.73. The fraction of sp³-hybridized carbons (Fsp3) is 0.429. The van der Waals surface area contributed by atoms with Crippen molar-refractivity contribution in [3.8, 4) is 0 Å². The molecule has 0 amide bonds. The topological polar surface area (TPSA) is 42.7 Å². The summed E-state index contributed by atoms with van der Waals surface area (Å²) in [5.74, 6) is 0. The van der Waals surface area contributed by atoms with Crippen LogP contribution in [0.2, 0.25) is 0 Å². The van der Waals surface area contributed by atoms with Gasteiger partial charge in [0.05, 0.1) is 11.4 Å². The Bertz CT molecular complexity index is 516. The first-order valence-corrected chi connectivity index (χ1v) is 6.32. The quantitative estimate of drug-likeness (QED) is 0.874. The molecule has 2 heterocycles. The highest BCUT2D eigenvalue weighted by Crippen LogP contribution is 2.06. The van der Waals surface area contributed by atoms with Crippen molar-refractivity contribution in [1.82, 2.24) is 20.1 Å². The Hall–Kier alpha value is -1.68. The Morgan fingerprint density at radius 3 is 2.83 bits per heavy atom. The van der Waals surface area contributed by atoms with Crippen LogP contribution in [0.15, 0.2) is 24.5 Å². The predicted octanol–water partition coefficient (Wildman–Crippen LogP) is 1.98. The summed E-state index contributed by atoms with van der Waals surface area (Å²) in [6.07, 6.45) is 4.72. The molecule has 0 aliphatic carbocycles. The number of pyridine rings is 1. The van der Waals surface area contributed by atoms with Crippen molar-refractivity contribution in [3.63, 3.8) is 0 Å². The van der Waals surface area contributed by atoms with Gasteiger partial charge in [-0.15, -0.1) is 0 Å². The second-order valence-corrected chi connectivity index (χ2v) is 4.51. The van der Waals surface area contributed by atoms with E-state index in [0.717, 1.165) is 25.2 Å². The van der Waals surface area contributed by atoms with Gasteiger partial charge in [0.1, 0.15) is 0 Å². The summed E-state index contributed by atoms with van der Waals surface area (Å²) >= 11 is 0. The molecule has 0 aromatic carbocycles. The molecule has 0 saturated carbocycles. The van der Waals surface area contributed by atoms with Crippen LogP contribution < -0.4 is 5.32 Å². The fourth-order valence-corrected chi connectivity index (χ4v) is 1.94. The van der Waals surface area contributed by atoms with E-state index in [1.165, 1.54) is 16.8 Å².